The number of carbonyl (C=O) groups excluding carboxylic acids is 1. The van der Waals surface area contributed by atoms with E-state index in [1.165, 1.54) is 0 Å². The molecule has 1 aromatic rings. The molecule has 0 spiro atoms. The SMILES string of the molecule is O=C(N[C@H]1CCCNC1)c1ccc(F)cc1[N+](=O)[O-]. The highest BCUT2D eigenvalue weighted by atomic mass is 19.1. The van der Waals surface area contributed by atoms with E-state index in [-0.39, 0.29) is 11.6 Å². The lowest BCUT2D eigenvalue weighted by molar-refractivity contribution is -0.385. The van der Waals surface area contributed by atoms with Gasteiger partial charge in [-0.25, -0.2) is 4.39 Å². The summed E-state index contributed by atoms with van der Waals surface area (Å²) in [6.07, 6.45) is 1.77. The van der Waals surface area contributed by atoms with Gasteiger partial charge in [-0.2, -0.15) is 0 Å². The van der Waals surface area contributed by atoms with E-state index < -0.39 is 22.3 Å². The number of nitro groups is 1. The molecule has 1 aromatic carbocycles. The Hall–Kier alpha value is -2.02. The number of hydrogen-bond donors (Lipinski definition) is 2. The highest BCUT2D eigenvalue weighted by Crippen LogP contribution is 2.20. The fourth-order valence-corrected chi connectivity index (χ4v) is 2.09. The highest BCUT2D eigenvalue weighted by Gasteiger charge is 2.23. The molecule has 1 atom stereocenters. The van der Waals surface area contributed by atoms with E-state index in [4.69, 9.17) is 0 Å². The molecule has 1 fully saturated rings. The van der Waals surface area contributed by atoms with Gasteiger partial charge in [0.05, 0.1) is 11.0 Å². The summed E-state index contributed by atoms with van der Waals surface area (Å²) in [4.78, 5) is 22.0. The number of rotatable bonds is 3. The summed E-state index contributed by atoms with van der Waals surface area (Å²) in [5, 5.41) is 16.7. The standard InChI is InChI=1S/C12H14FN3O3/c13-8-3-4-10(11(6-8)16(18)19)12(17)15-9-2-1-5-14-7-9/h3-4,6,9,14H,1-2,5,7H2,(H,15,17)/t9-/m0/s1. The zero-order valence-electron chi connectivity index (χ0n) is 10.2. The van der Waals surface area contributed by atoms with Gasteiger partial charge in [-0.05, 0) is 31.5 Å². The lowest BCUT2D eigenvalue weighted by Gasteiger charge is -2.23. The van der Waals surface area contributed by atoms with Gasteiger partial charge in [-0.3, -0.25) is 14.9 Å². The summed E-state index contributed by atoms with van der Waals surface area (Å²) in [5.74, 6) is -1.28. The molecule has 1 heterocycles. The Kier molecular flexibility index (Phi) is 4.06. The van der Waals surface area contributed by atoms with Crippen LogP contribution in [0.5, 0.6) is 0 Å². The fraction of sp³-hybridized carbons (Fsp3) is 0.417. The number of benzene rings is 1. The third kappa shape index (κ3) is 3.25. The fourth-order valence-electron chi connectivity index (χ4n) is 2.09. The van der Waals surface area contributed by atoms with Gasteiger partial charge in [0.2, 0.25) is 0 Å². The van der Waals surface area contributed by atoms with Crippen molar-refractivity contribution >= 4 is 11.6 Å². The Bertz CT molecular complexity index is 501. The average Bonchev–Trinajstić information content (AvgIpc) is 2.39. The van der Waals surface area contributed by atoms with Crippen LogP contribution in [0, 0.1) is 15.9 Å². The maximum Gasteiger partial charge on any atom is 0.285 e. The average molecular weight is 267 g/mol. The second-order valence-corrected chi connectivity index (χ2v) is 4.44. The third-order valence-electron chi connectivity index (χ3n) is 3.03. The smallest absolute Gasteiger partial charge is 0.285 e. The predicted octanol–water partition coefficient (Wildman–Crippen LogP) is 1.22. The zero-order valence-corrected chi connectivity index (χ0v) is 10.2. The minimum absolute atomic E-state index is 0.0501. The van der Waals surface area contributed by atoms with Crippen molar-refractivity contribution in [3.63, 3.8) is 0 Å². The van der Waals surface area contributed by atoms with Gasteiger partial charge in [0, 0.05) is 12.6 Å². The minimum atomic E-state index is -0.753. The largest absolute Gasteiger partial charge is 0.348 e. The van der Waals surface area contributed by atoms with Crippen molar-refractivity contribution in [3.8, 4) is 0 Å². The normalized spacial score (nSPS) is 18.9. The van der Waals surface area contributed by atoms with Crippen molar-refractivity contribution in [2.45, 2.75) is 18.9 Å². The Labute approximate surface area is 109 Å². The Balaban J connectivity index is 2.16. The van der Waals surface area contributed by atoms with Gasteiger partial charge in [-0.15, -0.1) is 0 Å². The van der Waals surface area contributed by atoms with Gasteiger partial charge in [0.1, 0.15) is 11.4 Å². The summed E-state index contributed by atoms with van der Waals surface area (Å²) in [7, 11) is 0. The molecule has 102 valence electrons. The van der Waals surface area contributed by atoms with Gasteiger partial charge >= 0.3 is 0 Å². The maximum absolute atomic E-state index is 13.0. The van der Waals surface area contributed by atoms with Crippen LogP contribution in [0.4, 0.5) is 10.1 Å². The number of hydrogen-bond acceptors (Lipinski definition) is 4. The molecule has 0 aliphatic carbocycles. The number of halogens is 1. The highest BCUT2D eigenvalue weighted by molar-refractivity contribution is 5.98. The minimum Gasteiger partial charge on any atom is -0.348 e. The number of nitro benzene ring substituents is 1. The van der Waals surface area contributed by atoms with E-state index >= 15 is 0 Å². The van der Waals surface area contributed by atoms with Crippen molar-refractivity contribution in [2.75, 3.05) is 13.1 Å². The molecule has 1 saturated heterocycles. The first-order valence-electron chi connectivity index (χ1n) is 6.03. The Morgan fingerprint density at radius 1 is 1.53 bits per heavy atom. The van der Waals surface area contributed by atoms with Crippen LogP contribution in [0.15, 0.2) is 18.2 Å². The molecule has 6 nitrogen and oxygen atoms in total. The molecule has 7 heteroatoms. The molecule has 0 bridgehead atoms. The van der Waals surface area contributed by atoms with Crippen molar-refractivity contribution in [2.24, 2.45) is 0 Å². The van der Waals surface area contributed by atoms with E-state index in [0.717, 1.165) is 37.6 Å². The molecule has 0 unspecified atom stereocenters. The zero-order chi connectivity index (χ0) is 13.8. The summed E-state index contributed by atoms with van der Waals surface area (Å²) in [6, 6.07) is 2.89. The quantitative estimate of drug-likeness (QED) is 0.637. The Morgan fingerprint density at radius 2 is 2.32 bits per heavy atom. The molecule has 19 heavy (non-hydrogen) atoms. The van der Waals surface area contributed by atoms with E-state index in [1.807, 2.05) is 0 Å². The Morgan fingerprint density at radius 3 is 2.95 bits per heavy atom. The molecule has 1 amide bonds. The van der Waals surface area contributed by atoms with Crippen LogP contribution in [0.1, 0.15) is 23.2 Å². The van der Waals surface area contributed by atoms with Crippen LogP contribution < -0.4 is 10.6 Å². The summed E-state index contributed by atoms with van der Waals surface area (Å²) in [6.45, 7) is 1.55. The molecule has 0 radical (unpaired) electrons. The lowest BCUT2D eigenvalue weighted by atomic mass is 10.1. The number of piperidine rings is 1. The van der Waals surface area contributed by atoms with E-state index in [1.54, 1.807) is 0 Å². The molecular formula is C12H14FN3O3. The molecule has 1 aliphatic heterocycles. The van der Waals surface area contributed by atoms with Crippen molar-refractivity contribution in [3.05, 3.63) is 39.7 Å². The van der Waals surface area contributed by atoms with Crippen LogP contribution in [0.2, 0.25) is 0 Å². The summed E-state index contributed by atoms with van der Waals surface area (Å²) >= 11 is 0. The van der Waals surface area contributed by atoms with Crippen molar-refractivity contribution < 1.29 is 14.1 Å². The van der Waals surface area contributed by atoms with E-state index in [2.05, 4.69) is 10.6 Å². The van der Waals surface area contributed by atoms with Gasteiger partial charge < -0.3 is 10.6 Å². The number of nitrogens with zero attached hydrogens (tertiary/aromatic N) is 1. The van der Waals surface area contributed by atoms with Crippen LogP contribution in [0.25, 0.3) is 0 Å². The van der Waals surface area contributed by atoms with E-state index in [9.17, 15) is 19.3 Å². The molecule has 2 rings (SSSR count). The monoisotopic (exact) mass is 267 g/mol. The number of carbonyl (C=O) groups is 1. The van der Waals surface area contributed by atoms with Crippen LogP contribution in [0.3, 0.4) is 0 Å². The van der Waals surface area contributed by atoms with Crippen LogP contribution in [-0.4, -0.2) is 30.0 Å². The number of nitrogens with one attached hydrogen (secondary N) is 2. The van der Waals surface area contributed by atoms with Gasteiger partial charge in [-0.1, -0.05) is 0 Å². The van der Waals surface area contributed by atoms with Crippen LogP contribution >= 0.6 is 0 Å². The topological polar surface area (TPSA) is 84.3 Å². The van der Waals surface area contributed by atoms with Gasteiger partial charge in [0.25, 0.3) is 11.6 Å². The molecule has 0 aromatic heterocycles. The van der Waals surface area contributed by atoms with E-state index in [0.29, 0.717) is 6.54 Å². The van der Waals surface area contributed by atoms with Crippen molar-refractivity contribution in [1.82, 2.24) is 10.6 Å². The first kappa shape index (κ1) is 13.4. The first-order chi connectivity index (χ1) is 9.08. The molecular weight excluding hydrogens is 253 g/mol. The molecule has 2 N–H and O–H groups in total. The summed E-state index contributed by atoms with van der Waals surface area (Å²) < 4.78 is 13.0. The maximum atomic E-state index is 13.0. The van der Waals surface area contributed by atoms with Crippen molar-refractivity contribution in [1.29, 1.82) is 0 Å². The predicted molar refractivity (Wildman–Crippen MR) is 66.4 cm³/mol. The third-order valence-corrected chi connectivity index (χ3v) is 3.03. The van der Waals surface area contributed by atoms with Gasteiger partial charge in [0.15, 0.2) is 0 Å². The first-order valence-corrected chi connectivity index (χ1v) is 6.03. The lowest BCUT2D eigenvalue weighted by Crippen LogP contribution is -2.45. The molecule has 1 aliphatic rings. The number of amides is 1. The van der Waals surface area contributed by atoms with Crippen LogP contribution in [-0.2, 0) is 0 Å². The second-order valence-electron chi connectivity index (χ2n) is 4.44. The summed E-state index contributed by atoms with van der Waals surface area (Å²) in [5.41, 5.74) is -0.627. The second kappa shape index (κ2) is 5.75. The molecule has 0 saturated carbocycles.